The maximum Gasteiger partial charge on any atom is 0.519 e. The van der Waals surface area contributed by atoms with Gasteiger partial charge in [-0.15, -0.1) is 0 Å². The molecule has 354 valence electrons. The molecule has 2 aromatic carbocycles. The fourth-order valence-electron chi connectivity index (χ4n) is 15.2. The normalized spacial score (nSPS) is 37.4. The van der Waals surface area contributed by atoms with Gasteiger partial charge >= 0.3 is 23.7 Å². The molecule has 0 N–H and O–H groups in total. The number of ketones is 1. The van der Waals surface area contributed by atoms with Gasteiger partial charge in [0, 0.05) is 18.4 Å². The van der Waals surface area contributed by atoms with Gasteiger partial charge in [-0.2, -0.15) is 0 Å². The van der Waals surface area contributed by atoms with Crippen LogP contribution in [0.2, 0.25) is 0 Å². The molecular weight excluding hydrogens is 835 g/mol. The number of hydrogen-bond acceptors (Lipinski definition) is 11. The number of esters is 3. The lowest BCUT2D eigenvalue weighted by molar-refractivity contribution is -0.213. The van der Waals surface area contributed by atoms with Gasteiger partial charge in [0.15, 0.2) is 30.0 Å². The SMILES string of the molecule is CCc1oc(=O)oc1COC(=O)[C@]1(C)[C@@H](N2CCCC2C(=O)OC)CC[C@@]2(C)[C@H]1CC[C@]1(C)[C@@H]2C(=O)C=C2[C@@H]3C[C@@](C)(C(=O)OC(c4ccccc4)c4ccccc4)CC[C@]3(C)CC[C@]21C. The van der Waals surface area contributed by atoms with Gasteiger partial charge in [0.1, 0.15) is 6.04 Å². The molecule has 11 atom stereocenters. The van der Waals surface area contributed by atoms with Crippen molar-refractivity contribution in [3.05, 3.63) is 106 Å². The summed E-state index contributed by atoms with van der Waals surface area (Å²) in [6.45, 7) is 15.6. The van der Waals surface area contributed by atoms with Crippen LogP contribution in [0.1, 0.15) is 148 Å². The molecule has 0 radical (unpaired) electrons. The minimum absolute atomic E-state index is 0.0130. The zero-order valence-corrected chi connectivity index (χ0v) is 40.2. The third-order valence-corrected chi connectivity index (χ3v) is 19.1. The van der Waals surface area contributed by atoms with E-state index in [-0.39, 0.29) is 64.7 Å². The molecule has 1 aromatic heterocycles. The number of nitrogens with zero attached hydrogens (tertiary/aromatic N) is 1. The largest absolute Gasteiger partial charge is 0.519 e. The Morgan fingerprint density at radius 3 is 2.09 bits per heavy atom. The summed E-state index contributed by atoms with van der Waals surface area (Å²) in [6.07, 6.45) is 10.1. The van der Waals surface area contributed by atoms with E-state index in [1.54, 1.807) is 0 Å². The van der Waals surface area contributed by atoms with E-state index < -0.39 is 45.6 Å². The molecule has 4 saturated carbocycles. The second kappa shape index (κ2) is 16.8. The van der Waals surface area contributed by atoms with Crippen molar-refractivity contribution in [3.8, 4) is 0 Å². The summed E-state index contributed by atoms with van der Waals surface area (Å²) >= 11 is 0. The Kier molecular flexibility index (Phi) is 11.8. The first kappa shape index (κ1) is 46.3. The van der Waals surface area contributed by atoms with Gasteiger partial charge in [-0.05, 0) is 142 Å². The summed E-state index contributed by atoms with van der Waals surface area (Å²) in [7, 11) is 1.41. The molecule has 5 aliphatic carbocycles. The number of likely N-dealkylation sites (tertiary alicyclic amines) is 1. The average molecular weight is 904 g/mol. The Hall–Kier alpha value is -4.77. The first-order chi connectivity index (χ1) is 31.4. The first-order valence-electron chi connectivity index (χ1n) is 24.6. The number of carbonyl (C=O) groups excluding carboxylic acids is 4. The monoisotopic (exact) mass is 903 g/mol. The maximum absolute atomic E-state index is 15.5. The van der Waals surface area contributed by atoms with Gasteiger partial charge in [0.25, 0.3) is 0 Å². The van der Waals surface area contributed by atoms with Gasteiger partial charge in [0.05, 0.1) is 17.9 Å². The molecule has 6 aliphatic rings. The summed E-state index contributed by atoms with van der Waals surface area (Å²) in [6, 6.07) is 19.0. The van der Waals surface area contributed by atoms with E-state index in [4.69, 9.17) is 23.0 Å². The van der Waals surface area contributed by atoms with Crippen molar-refractivity contribution in [2.24, 2.45) is 50.2 Å². The highest BCUT2D eigenvalue weighted by atomic mass is 16.6. The summed E-state index contributed by atoms with van der Waals surface area (Å²) in [5.74, 6) is -1.76. The van der Waals surface area contributed by atoms with Crippen molar-refractivity contribution >= 4 is 23.7 Å². The Labute approximate surface area is 389 Å². The second-order valence-electron chi connectivity index (χ2n) is 22.3. The lowest BCUT2D eigenvalue weighted by Gasteiger charge is -2.70. The molecular formula is C55H69NO10. The van der Waals surface area contributed by atoms with E-state index in [0.717, 1.165) is 43.2 Å². The number of allylic oxidation sites excluding steroid dienone is 2. The zero-order valence-electron chi connectivity index (χ0n) is 40.2. The van der Waals surface area contributed by atoms with Crippen LogP contribution >= 0.6 is 0 Å². The molecule has 0 spiro atoms. The Bertz CT molecular complexity index is 2420. The van der Waals surface area contributed by atoms with Gasteiger partial charge in [-0.1, -0.05) is 101 Å². The van der Waals surface area contributed by atoms with Gasteiger partial charge < -0.3 is 23.0 Å². The molecule has 66 heavy (non-hydrogen) atoms. The molecule has 2 heterocycles. The van der Waals surface area contributed by atoms with Crippen molar-refractivity contribution in [1.29, 1.82) is 0 Å². The molecule has 1 aliphatic heterocycles. The summed E-state index contributed by atoms with van der Waals surface area (Å²) in [5.41, 5.74) is -0.286. The van der Waals surface area contributed by atoms with Gasteiger partial charge in [0.2, 0.25) is 0 Å². The van der Waals surface area contributed by atoms with Crippen molar-refractivity contribution in [2.45, 2.75) is 150 Å². The molecule has 1 saturated heterocycles. The predicted octanol–water partition coefficient (Wildman–Crippen LogP) is 10.1. The van der Waals surface area contributed by atoms with Crippen molar-refractivity contribution < 1.29 is 42.2 Å². The van der Waals surface area contributed by atoms with E-state index in [0.29, 0.717) is 57.3 Å². The molecule has 0 amide bonds. The number of rotatable bonds is 10. The third-order valence-electron chi connectivity index (χ3n) is 19.1. The molecule has 3 aromatic rings. The van der Waals surface area contributed by atoms with Crippen LogP contribution in [0.3, 0.4) is 0 Å². The smallest absolute Gasteiger partial charge is 0.468 e. The topological polar surface area (TPSA) is 143 Å². The Balaban J connectivity index is 1.05. The highest BCUT2D eigenvalue weighted by Gasteiger charge is 2.73. The number of fused-ring (bicyclic) bond motifs is 7. The fraction of sp³-hybridized carbons (Fsp3) is 0.618. The predicted molar refractivity (Wildman–Crippen MR) is 247 cm³/mol. The molecule has 5 fully saturated rings. The van der Waals surface area contributed by atoms with Crippen LogP contribution in [0.25, 0.3) is 0 Å². The molecule has 0 bridgehead atoms. The quantitative estimate of drug-likeness (QED) is 0.142. The summed E-state index contributed by atoms with van der Waals surface area (Å²) in [4.78, 5) is 72.9. The van der Waals surface area contributed by atoms with Crippen molar-refractivity contribution in [2.75, 3.05) is 13.7 Å². The summed E-state index contributed by atoms with van der Waals surface area (Å²) in [5, 5.41) is 0. The van der Waals surface area contributed by atoms with Crippen molar-refractivity contribution in [3.63, 3.8) is 0 Å². The standard InChI is InChI=1S/C55H69NO10/c1-9-40-41(65-49(61)64-40)33-63-48(60)55(7)42-22-25-54(6)45(52(42,4)24-23-43(55)56-30-16-21-38(56)46(58)62-8)39(57)31-36-37-32-51(3,27-26-50(37,2)28-29-53(36,54)5)47(59)66-44(34-17-12-10-13-18-34)35-19-14-11-15-20-35/h10-15,17-20,31,37-38,42-45H,9,16,21-30,32-33H2,1-8H3/t37-,38?,42+,43-,45+,50+,51-,52-,53+,54+,55-/m0/s1. The molecule has 9 rings (SSSR count). The highest BCUT2D eigenvalue weighted by Crippen LogP contribution is 2.75. The van der Waals surface area contributed by atoms with E-state index in [2.05, 4.69) is 39.5 Å². The zero-order chi connectivity index (χ0) is 47.0. The molecule has 11 nitrogen and oxygen atoms in total. The number of hydrogen-bond donors (Lipinski definition) is 0. The van der Waals surface area contributed by atoms with E-state index in [1.807, 2.05) is 80.6 Å². The maximum atomic E-state index is 15.5. The third kappa shape index (κ3) is 7.10. The minimum Gasteiger partial charge on any atom is -0.468 e. The highest BCUT2D eigenvalue weighted by molar-refractivity contribution is 5.96. The second-order valence-corrected chi connectivity index (χ2v) is 22.3. The first-order valence-corrected chi connectivity index (χ1v) is 24.6. The van der Waals surface area contributed by atoms with Crippen LogP contribution < -0.4 is 5.82 Å². The lowest BCUT2D eigenvalue weighted by Crippen LogP contribution is -2.70. The van der Waals surface area contributed by atoms with Crippen LogP contribution in [0.15, 0.2) is 85.9 Å². The number of methoxy groups -OCH3 is 1. The van der Waals surface area contributed by atoms with Gasteiger partial charge in [-0.3, -0.25) is 24.1 Å². The van der Waals surface area contributed by atoms with Crippen LogP contribution in [0.5, 0.6) is 0 Å². The van der Waals surface area contributed by atoms with Crippen LogP contribution in [0.4, 0.5) is 0 Å². The number of benzene rings is 2. The number of ether oxygens (including phenoxy) is 3. The lowest BCUT2D eigenvalue weighted by atomic mass is 9.33. The minimum atomic E-state index is -1.12. The Morgan fingerprint density at radius 2 is 1.44 bits per heavy atom. The van der Waals surface area contributed by atoms with E-state index in [1.165, 1.54) is 12.7 Å². The van der Waals surface area contributed by atoms with Crippen LogP contribution in [-0.4, -0.2) is 54.3 Å². The van der Waals surface area contributed by atoms with Crippen LogP contribution in [-0.2, 0) is 46.4 Å². The number of aryl methyl sites for hydroxylation is 1. The average Bonchev–Trinajstić information content (AvgIpc) is 3.95. The molecule has 1 unspecified atom stereocenters. The summed E-state index contributed by atoms with van der Waals surface area (Å²) < 4.78 is 28.6. The number of carbonyl (C=O) groups is 4. The van der Waals surface area contributed by atoms with Crippen LogP contribution in [0, 0.1) is 50.2 Å². The van der Waals surface area contributed by atoms with Gasteiger partial charge in [-0.25, -0.2) is 4.79 Å². The van der Waals surface area contributed by atoms with E-state index >= 15 is 9.59 Å². The van der Waals surface area contributed by atoms with E-state index in [9.17, 15) is 14.4 Å². The van der Waals surface area contributed by atoms with Crippen molar-refractivity contribution in [1.82, 2.24) is 4.90 Å². The molecule has 11 heteroatoms. The fourth-order valence-corrected chi connectivity index (χ4v) is 15.2. The Morgan fingerprint density at radius 1 is 0.788 bits per heavy atom.